The summed E-state index contributed by atoms with van der Waals surface area (Å²) < 4.78 is 5.75. The number of amides is 2. The molecular formula is C22H21N3O3. The number of aryl methyl sites for hydroxylation is 1. The highest BCUT2D eigenvalue weighted by Gasteiger charge is 2.16. The monoisotopic (exact) mass is 375 g/mol. The van der Waals surface area contributed by atoms with Crippen LogP contribution in [0.3, 0.4) is 0 Å². The largest absolute Gasteiger partial charge is 0.489 e. The van der Waals surface area contributed by atoms with Crippen LogP contribution in [0.15, 0.2) is 67.0 Å². The summed E-state index contributed by atoms with van der Waals surface area (Å²) in [5.41, 5.74) is 3.07. The van der Waals surface area contributed by atoms with Gasteiger partial charge in [0.15, 0.2) is 0 Å². The molecule has 0 aliphatic heterocycles. The quantitative estimate of drug-likeness (QED) is 0.690. The predicted molar refractivity (Wildman–Crippen MR) is 108 cm³/mol. The molecule has 0 aliphatic rings. The molecule has 1 heterocycles. The number of pyridine rings is 1. The van der Waals surface area contributed by atoms with E-state index in [0.29, 0.717) is 29.2 Å². The number of rotatable bonds is 6. The van der Waals surface area contributed by atoms with Crippen LogP contribution in [0.2, 0.25) is 0 Å². The van der Waals surface area contributed by atoms with E-state index < -0.39 is 0 Å². The third-order valence-electron chi connectivity index (χ3n) is 4.20. The molecule has 3 aromatic rings. The van der Waals surface area contributed by atoms with Crippen LogP contribution in [0.25, 0.3) is 0 Å². The zero-order chi connectivity index (χ0) is 19.9. The number of carbonyl (C=O) groups is 2. The Balaban J connectivity index is 1.75. The van der Waals surface area contributed by atoms with Gasteiger partial charge in [-0.25, -0.2) is 0 Å². The van der Waals surface area contributed by atoms with Crippen LogP contribution in [0.4, 0.5) is 5.69 Å². The fourth-order valence-electron chi connectivity index (χ4n) is 2.77. The second-order valence-corrected chi connectivity index (χ2v) is 6.21. The first kappa shape index (κ1) is 19.1. The van der Waals surface area contributed by atoms with Crippen LogP contribution in [-0.2, 0) is 6.61 Å². The van der Waals surface area contributed by atoms with E-state index in [1.165, 1.54) is 0 Å². The normalized spacial score (nSPS) is 10.2. The molecular weight excluding hydrogens is 354 g/mol. The molecule has 0 saturated heterocycles. The average Bonchev–Trinajstić information content (AvgIpc) is 2.73. The van der Waals surface area contributed by atoms with E-state index >= 15 is 0 Å². The van der Waals surface area contributed by atoms with Crippen molar-refractivity contribution >= 4 is 17.5 Å². The number of benzene rings is 2. The maximum Gasteiger partial charge on any atom is 0.255 e. The molecule has 28 heavy (non-hydrogen) atoms. The number of ether oxygens (including phenoxy) is 1. The molecule has 3 rings (SSSR count). The van der Waals surface area contributed by atoms with Crippen molar-refractivity contribution in [2.45, 2.75) is 13.5 Å². The van der Waals surface area contributed by atoms with Gasteiger partial charge in [-0.2, -0.15) is 0 Å². The molecule has 1 aromatic heterocycles. The number of aromatic nitrogens is 1. The number of carbonyl (C=O) groups excluding carboxylic acids is 2. The van der Waals surface area contributed by atoms with Crippen LogP contribution < -0.4 is 15.4 Å². The van der Waals surface area contributed by atoms with Crippen LogP contribution >= 0.6 is 0 Å². The molecule has 0 fully saturated rings. The Bertz CT molecular complexity index is 987. The van der Waals surface area contributed by atoms with Gasteiger partial charge in [0, 0.05) is 30.6 Å². The highest BCUT2D eigenvalue weighted by Crippen LogP contribution is 2.21. The first-order valence-electron chi connectivity index (χ1n) is 8.83. The van der Waals surface area contributed by atoms with Gasteiger partial charge < -0.3 is 15.4 Å². The van der Waals surface area contributed by atoms with Crippen LogP contribution in [-0.4, -0.2) is 23.8 Å². The van der Waals surface area contributed by atoms with E-state index in [-0.39, 0.29) is 11.8 Å². The van der Waals surface area contributed by atoms with Gasteiger partial charge in [-0.3, -0.25) is 14.6 Å². The Morgan fingerprint density at radius 2 is 1.86 bits per heavy atom. The van der Waals surface area contributed by atoms with Crippen LogP contribution in [0.1, 0.15) is 31.8 Å². The van der Waals surface area contributed by atoms with Gasteiger partial charge in [0.2, 0.25) is 0 Å². The average molecular weight is 375 g/mol. The van der Waals surface area contributed by atoms with Crippen molar-refractivity contribution < 1.29 is 14.3 Å². The lowest BCUT2D eigenvalue weighted by molar-refractivity contribution is 0.0963. The number of nitrogens with one attached hydrogen (secondary N) is 2. The summed E-state index contributed by atoms with van der Waals surface area (Å²) >= 11 is 0. The van der Waals surface area contributed by atoms with Gasteiger partial charge >= 0.3 is 0 Å². The van der Waals surface area contributed by atoms with Crippen molar-refractivity contribution in [3.05, 3.63) is 89.2 Å². The Hall–Kier alpha value is -3.67. The van der Waals surface area contributed by atoms with E-state index in [2.05, 4.69) is 15.6 Å². The summed E-state index contributed by atoms with van der Waals surface area (Å²) in [6.45, 7) is 2.19. The summed E-state index contributed by atoms with van der Waals surface area (Å²) in [5.74, 6) is 0.0109. The Morgan fingerprint density at radius 3 is 2.61 bits per heavy atom. The first-order chi connectivity index (χ1) is 13.6. The van der Waals surface area contributed by atoms with Gasteiger partial charge in [-0.1, -0.05) is 24.3 Å². The third kappa shape index (κ3) is 4.54. The summed E-state index contributed by atoms with van der Waals surface area (Å²) in [5, 5.41) is 5.42. The lowest BCUT2D eigenvalue weighted by Crippen LogP contribution is -2.22. The molecule has 142 valence electrons. The fourth-order valence-corrected chi connectivity index (χ4v) is 2.77. The number of hydrogen-bond donors (Lipinski definition) is 2. The molecule has 2 N–H and O–H groups in total. The van der Waals surface area contributed by atoms with Crippen molar-refractivity contribution in [3.63, 3.8) is 0 Å². The molecule has 0 atom stereocenters. The van der Waals surface area contributed by atoms with Gasteiger partial charge in [0.05, 0.1) is 11.3 Å². The maximum atomic E-state index is 12.7. The molecule has 6 heteroatoms. The van der Waals surface area contributed by atoms with Crippen molar-refractivity contribution in [1.82, 2.24) is 10.3 Å². The van der Waals surface area contributed by atoms with E-state index in [4.69, 9.17) is 4.74 Å². The maximum absolute atomic E-state index is 12.7. The van der Waals surface area contributed by atoms with Gasteiger partial charge in [0.1, 0.15) is 12.4 Å². The van der Waals surface area contributed by atoms with Crippen molar-refractivity contribution in [3.8, 4) is 5.75 Å². The van der Waals surface area contributed by atoms with Crippen molar-refractivity contribution in [2.75, 3.05) is 12.4 Å². The van der Waals surface area contributed by atoms with Crippen molar-refractivity contribution in [1.29, 1.82) is 0 Å². The van der Waals surface area contributed by atoms with E-state index in [0.717, 1.165) is 11.1 Å². The molecule has 0 aliphatic carbocycles. The standard InChI is InChI=1S/C22H21N3O3/c1-15-6-3-10-19(20(15)22(27)23-2)25-21(26)17-8-4-9-18(12-17)28-14-16-7-5-11-24-13-16/h3-13H,14H2,1-2H3,(H,23,27)(H,25,26). The second kappa shape index (κ2) is 8.81. The van der Waals surface area contributed by atoms with E-state index in [1.54, 1.807) is 55.8 Å². The molecule has 2 aromatic carbocycles. The van der Waals surface area contributed by atoms with Crippen molar-refractivity contribution in [2.24, 2.45) is 0 Å². The minimum atomic E-state index is -0.317. The predicted octanol–water partition coefficient (Wildman–Crippen LogP) is 3.58. The topological polar surface area (TPSA) is 80.3 Å². The Kier molecular flexibility index (Phi) is 6.01. The summed E-state index contributed by atoms with van der Waals surface area (Å²) in [6.07, 6.45) is 3.43. The lowest BCUT2D eigenvalue weighted by Gasteiger charge is -2.13. The number of hydrogen-bond acceptors (Lipinski definition) is 4. The van der Waals surface area contributed by atoms with E-state index in [9.17, 15) is 9.59 Å². The zero-order valence-electron chi connectivity index (χ0n) is 15.7. The SMILES string of the molecule is CNC(=O)c1c(C)cccc1NC(=O)c1cccc(OCc2cccnc2)c1. The minimum Gasteiger partial charge on any atom is -0.489 e. The molecule has 2 amide bonds. The number of nitrogens with zero attached hydrogens (tertiary/aromatic N) is 1. The third-order valence-corrected chi connectivity index (χ3v) is 4.20. The summed E-state index contributed by atoms with van der Waals surface area (Å²) in [7, 11) is 1.56. The summed E-state index contributed by atoms with van der Waals surface area (Å²) in [4.78, 5) is 28.9. The molecule has 0 saturated carbocycles. The first-order valence-corrected chi connectivity index (χ1v) is 8.83. The highest BCUT2D eigenvalue weighted by molar-refractivity contribution is 6.09. The Morgan fingerprint density at radius 1 is 1.04 bits per heavy atom. The van der Waals surface area contributed by atoms with Crippen LogP contribution in [0, 0.1) is 6.92 Å². The molecule has 0 unspecified atom stereocenters. The van der Waals surface area contributed by atoms with Gasteiger partial charge in [-0.05, 0) is 42.8 Å². The lowest BCUT2D eigenvalue weighted by atomic mass is 10.1. The summed E-state index contributed by atoms with van der Waals surface area (Å²) in [6, 6.07) is 16.0. The van der Waals surface area contributed by atoms with E-state index in [1.807, 2.05) is 25.1 Å². The fraction of sp³-hybridized carbons (Fsp3) is 0.136. The second-order valence-electron chi connectivity index (χ2n) is 6.21. The highest BCUT2D eigenvalue weighted by atomic mass is 16.5. The molecule has 6 nitrogen and oxygen atoms in total. The van der Waals surface area contributed by atoms with Crippen LogP contribution in [0.5, 0.6) is 5.75 Å². The zero-order valence-corrected chi connectivity index (χ0v) is 15.7. The molecule has 0 radical (unpaired) electrons. The molecule has 0 bridgehead atoms. The smallest absolute Gasteiger partial charge is 0.255 e. The number of anilines is 1. The van der Waals surface area contributed by atoms with Gasteiger partial charge in [-0.15, -0.1) is 0 Å². The molecule has 0 spiro atoms. The minimum absolute atomic E-state index is 0.248. The Labute approximate surface area is 163 Å². The van der Waals surface area contributed by atoms with Gasteiger partial charge in [0.25, 0.3) is 11.8 Å².